The van der Waals surface area contributed by atoms with Crippen molar-refractivity contribution in [3.8, 4) is 0 Å². The molecule has 0 saturated carbocycles. The fourth-order valence-corrected chi connectivity index (χ4v) is 2.24. The molecule has 1 aliphatic rings. The van der Waals surface area contributed by atoms with Gasteiger partial charge in [0.1, 0.15) is 0 Å². The molecule has 1 fully saturated rings. The van der Waals surface area contributed by atoms with Crippen LogP contribution in [-0.2, 0) is 9.53 Å². The van der Waals surface area contributed by atoms with Crippen LogP contribution in [0.15, 0.2) is 24.3 Å². The minimum atomic E-state index is -0.604. The van der Waals surface area contributed by atoms with Crippen LogP contribution in [0.25, 0.3) is 0 Å². The molecule has 0 bridgehead atoms. The SMILES string of the molecule is CC(C)C(O)CC(=O)Nc1cccc(N2CCOCC2)c1. The van der Waals surface area contributed by atoms with Gasteiger partial charge in [0.25, 0.3) is 0 Å². The lowest BCUT2D eigenvalue weighted by Crippen LogP contribution is -2.36. The van der Waals surface area contributed by atoms with Crippen molar-refractivity contribution >= 4 is 17.3 Å². The molecule has 5 heteroatoms. The normalized spacial score (nSPS) is 16.9. The van der Waals surface area contributed by atoms with Gasteiger partial charge in [-0.25, -0.2) is 0 Å². The van der Waals surface area contributed by atoms with E-state index in [1.54, 1.807) is 0 Å². The number of hydrogen-bond donors (Lipinski definition) is 2. The number of ether oxygens (including phenoxy) is 1. The molecule has 0 aliphatic carbocycles. The zero-order chi connectivity index (χ0) is 15.2. The summed E-state index contributed by atoms with van der Waals surface area (Å²) in [7, 11) is 0. The number of benzene rings is 1. The number of carbonyl (C=O) groups is 1. The molecule has 1 atom stereocenters. The second kappa shape index (κ2) is 7.43. The van der Waals surface area contributed by atoms with Crippen molar-refractivity contribution in [2.75, 3.05) is 36.5 Å². The van der Waals surface area contributed by atoms with Crippen LogP contribution in [0.1, 0.15) is 20.3 Å². The third-order valence-corrected chi connectivity index (χ3v) is 3.67. The van der Waals surface area contributed by atoms with Crippen molar-refractivity contribution in [2.45, 2.75) is 26.4 Å². The van der Waals surface area contributed by atoms with Crippen LogP contribution in [0.5, 0.6) is 0 Å². The van der Waals surface area contributed by atoms with E-state index in [9.17, 15) is 9.90 Å². The van der Waals surface area contributed by atoms with Gasteiger partial charge in [-0.05, 0) is 24.1 Å². The molecule has 1 unspecified atom stereocenters. The second-order valence-electron chi connectivity index (χ2n) is 5.71. The van der Waals surface area contributed by atoms with Crippen LogP contribution in [0.2, 0.25) is 0 Å². The van der Waals surface area contributed by atoms with E-state index in [4.69, 9.17) is 4.74 Å². The predicted molar refractivity (Wildman–Crippen MR) is 83.6 cm³/mol. The standard InChI is InChI=1S/C16H24N2O3/c1-12(2)15(19)11-16(20)17-13-4-3-5-14(10-13)18-6-8-21-9-7-18/h3-5,10,12,15,19H,6-9,11H2,1-2H3,(H,17,20). The summed E-state index contributed by atoms with van der Waals surface area (Å²) in [6, 6.07) is 7.79. The molecule has 2 rings (SSSR count). The van der Waals surface area contributed by atoms with Gasteiger partial charge in [0.15, 0.2) is 0 Å². The van der Waals surface area contributed by atoms with E-state index in [0.717, 1.165) is 37.7 Å². The second-order valence-corrected chi connectivity index (χ2v) is 5.71. The zero-order valence-corrected chi connectivity index (χ0v) is 12.7. The minimum absolute atomic E-state index is 0.0791. The Kier molecular flexibility index (Phi) is 5.59. The van der Waals surface area contributed by atoms with Crippen LogP contribution in [0.3, 0.4) is 0 Å². The van der Waals surface area contributed by atoms with Crippen molar-refractivity contribution in [1.82, 2.24) is 0 Å². The maximum Gasteiger partial charge on any atom is 0.226 e. The number of anilines is 2. The summed E-state index contributed by atoms with van der Waals surface area (Å²) < 4.78 is 5.34. The Morgan fingerprint density at radius 3 is 2.76 bits per heavy atom. The largest absolute Gasteiger partial charge is 0.392 e. The molecule has 1 aromatic carbocycles. The third-order valence-electron chi connectivity index (χ3n) is 3.67. The first-order valence-electron chi connectivity index (χ1n) is 7.47. The molecule has 1 heterocycles. The molecular formula is C16H24N2O3. The molecule has 0 spiro atoms. The number of nitrogens with one attached hydrogen (secondary N) is 1. The highest BCUT2D eigenvalue weighted by Crippen LogP contribution is 2.21. The zero-order valence-electron chi connectivity index (χ0n) is 12.7. The van der Waals surface area contributed by atoms with E-state index in [0.29, 0.717) is 0 Å². The van der Waals surface area contributed by atoms with Crippen LogP contribution >= 0.6 is 0 Å². The van der Waals surface area contributed by atoms with Crippen molar-refractivity contribution < 1.29 is 14.6 Å². The smallest absolute Gasteiger partial charge is 0.226 e. The molecule has 1 aromatic rings. The average molecular weight is 292 g/mol. The fourth-order valence-electron chi connectivity index (χ4n) is 2.24. The molecule has 2 N–H and O–H groups in total. The first kappa shape index (κ1) is 15.8. The Labute approximate surface area is 125 Å². The molecule has 116 valence electrons. The van der Waals surface area contributed by atoms with Crippen molar-refractivity contribution in [2.24, 2.45) is 5.92 Å². The van der Waals surface area contributed by atoms with E-state index in [1.807, 2.05) is 38.1 Å². The number of morpholine rings is 1. The van der Waals surface area contributed by atoms with Crippen LogP contribution in [0, 0.1) is 5.92 Å². The lowest BCUT2D eigenvalue weighted by Gasteiger charge is -2.29. The van der Waals surface area contributed by atoms with Gasteiger partial charge in [0.05, 0.1) is 25.7 Å². The first-order valence-corrected chi connectivity index (χ1v) is 7.47. The summed E-state index contributed by atoms with van der Waals surface area (Å²) in [5.41, 5.74) is 1.85. The number of hydrogen-bond acceptors (Lipinski definition) is 4. The Morgan fingerprint density at radius 2 is 2.10 bits per heavy atom. The van der Waals surface area contributed by atoms with E-state index in [2.05, 4.69) is 10.2 Å². The molecule has 5 nitrogen and oxygen atoms in total. The lowest BCUT2D eigenvalue weighted by molar-refractivity contribution is -0.118. The number of aliphatic hydroxyl groups excluding tert-OH is 1. The van der Waals surface area contributed by atoms with Gasteiger partial charge in [0.2, 0.25) is 5.91 Å². The number of amides is 1. The Bertz CT molecular complexity index is 470. The van der Waals surface area contributed by atoms with Crippen LogP contribution < -0.4 is 10.2 Å². The topological polar surface area (TPSA) is 61.8 Å². The summed E-state index contributed by atoms with van der Waals surface area (Å²) in [4.78, 5) is 14.1. The van der Waals surface area contributed by atoms with Gasteiger partial charge in [-0.2, -0.15) is 0 Å². The van der Waals surface area contributed by atoms with Gasteiger partial charge < -0.3 is 20.1 Å². The highest BCUT2D eigenvalue weighted by atomic mass is 16.5. The molecule has 1 amide bonds. The van der Waals surface area contributed by atoms with E-state index >= 15 is 0 Å². The number of nitrogens with zero attached hydrogens (tertiary/aromatic N) is 1. The Hall–Kier alpha value is -1.59. The summed E-state index contributed by atoms with van der Waals surface area (Å²) in [5.74, 6) is -0.0780. The van der Waals surface area contributed by atoms with Gasteiger partial charge in [-0.1, -0.05) is 19.9 Å². The lowest BCUT2D eigenvalue weighted by atomic mass is 10.0. The number of rotatable bonds is 5. The summed E-state index contributed by atoms with van der Waals surface area (Å²) in [6.07, 6.45) is -0.480. The number of carbonyl (C=O) groups excluding carboxylic acids is 1. The van der Waals surface area contributed by atoms with Crippen molar-refractivity contribution in [1.29, 1.82) is 0 Å². The van der Waals surface area contributed by atoms with E-state index in [1.165, 1.54) is 0 Å². The maximum absolute atomic E-state index is 11.9. The average Bonchev–Trinajstić information content (AvgIpc) is 2.48. The van der Waals surface area contributed by atoms with Gasteiger partial charge in [-0.3, -0.25) is 4.79 Å². The quantitative estimate of drug-likeness (QED) is 0.869. The monoisotopic (exact) mass is 292 g/mol. The molecule has 1 aliphatic heterocycles. The highest BCUT2D eigenvalue weighted by molar-refractivity contribution is 5.91. The fraction of sp³-hybridized carbons (Fsp3) is 0.562. The van der Waals surface area contributed by atoms with Crippen molar-refractivity contribution in [3.63, 3.8) is 0 Å². The van der Waals surface area contributed by atoms with Crippen LogP contribution in [-0.4, -0.2) is 43.4 Å². The van der Waals surface area contributed by atoms with Gasteiger partial charge in [0, 0.05) is 24.5 Å². The Morgan fingerprint density at radius 1 is 1.38 bits per heavy atom. The molecule has 1 saturated heterocycles. The van der Waals surface area contributed by atoms with Gasteiger partial charge >= 0.3 is 0 Å². The molecule has 0 radical (unpaired) electrons. The summed E-state index contributed by atoms with van der Waals surface area (Å²) in [5, 5.41) is 12.6. The van der Waals surface area contributed by atoms with Crippen molar-refractivity contribution in [3.05, 3.63) is 24.3 Å². The van der Waals surface area contributed by atoms with E-state index < -0.39 is 6.10 Å². The number of aliphatic hydroxyl groups is 1. The molecular weight excluding hydrogens is 268 g/mol. The third kappa shape index (κ3) is 4.72. The van der Waals surface area contributed by atoms with Gasteiger partial charge in [-0.15, -0.1) is 0 Å². The minimum Gasteiger partial charge on any atom is -0.392 e. The predicted octanol–water partition coefficient (Wildman–Crippen LogP) is 1.87. The Balaban J connectivity index is 1.95. The first-order chi connectivity index (χ1) is 10.1. The van der Waals surface area contributed by atoms with Crippen LogP contribution in [0.4, 0.5) is 11.4 Å². The molecule has 21 heavy (non-hydrogen) atoms. The highest BCUT2D eigenvalue weighted by Gasteiger charge is 2.15. The van der Waals surface area contributed by atoms with E-state index in [-0.39, 0.29) is 18.2 Å². The summed E-state index contributed by atoms with van der Waals surface area (Å²) >= 11 is 0. The maximum atomic E-state index is 11.9. The molecule has 0 aromatic heterocycles. The summed E-state index contributed by atoms with van der Waals surface area (Å²) in [6.45, 7) is 7.00.